The van der Waals surface area contributed by atoms with Gasteiger partial charge in [0.05, 0.1) is 25.1 Å². The Hall–Kier alpha value is -1.90. The van der Waals surface area contributed by atoms with Gasteiger partial charge in [-0.25, -0.2) is 9.50 Å². The molecule has 2 aliphatic heterocycles. The van der Waals surface area contributed by atoms with Crippen molar-refractivity contribution < 1.29 is 9.47 Å². The largest absolute Gasteiger partial charge is 0.370 e. The van der Waals surface area contributed by atoms with Crippen LogP contribution in [0.25, 0.3) is 5.52 Å². The number of anilines is 2. The van der Waals surface area contributed by atoms with Gasteiger partial charge in [0.2, 0.25) is 5.95 Å². The summed E-state index contributed by atoms with van der Waals surface area (Å²) >= 11 is 0. The van der Waals surface area contributed by atoms with Gasteiger partial charge >= 0.3 is 0 Å². The van der Waals surface area contributed by atoms with Crippen molar-refractivity contribution in [3.8, 4) is 0 Å². The van der Waals surface area contributed by atoms with Crippen LogP contribution in [0, 0.1) is 0 Å². The number of aromatic nitrogens is 3. The number of hydrogen-bond donors (Lipinski definition) is 1. The molecule has 2 aromatic heterocycles. The summed E-state index contributed by atoms with van der Waals surface area (Å²) < 4.78 is 14.2. The SMILES string of the molecule is CCCCCC(C)Nc1ncc2c(N3CCC(N(C)C)CC3)cc(C3CCC4(CC3)OCCO4)n2n1. The summed E-state index contributed by atoms with van der Waals surface area (Å²) in [7, 11) is 4.40. The maximum Gasteiger partial charge on any atom is 0.241 e. The predicted octanol–water partition coefficient (Wildman–Crippen LogP) is 5.04. The van der Waals surface area contributed by atoms with E-state index in [1.54, 1.807) is 0 Å². The first-order valence-corrected chi connectivity index (χ1v) is 14.3. The molecule has 1 spiro atoms. The van der Waals surface area contributed by atoms with Crippen molar-refractivity contribution in [2.24, 2.45) is 0 Å². The molecule has 0 radical (unpaired) electrons. The molecule has 8 nitrogen and oxygen atoms in total. The summed E-state index contributed by atoms with van der Waals surface area (Å²) in [6.45, 7) is 8.09. The average molecular weight is 499 g/mol. The summed E-state index contributed by atoms with van der Waals surface area (Å²) in [6, 6.07) is 3.44. The molecule has 0 aromatic carbocycles. The second kappa shape index (κ2) is 11.2. The third-order valence-electron chi connectivity index (χ3n) is 8.65. The molecule has 0 amide bonds. The number of nitrogens with one attached hydrogen (secondary N) is 1. The van der Waals surface area contributed by atoms with Crippen molar-refractivity contribution in [3.05, 3.63) is 18.0 Å². The van der Waals surface area contributed by atoms with E-state index in [9.17, 15) is 0 Å². The van der Waals surface area contributed by atoms with Gasteiger partial charge < -0.3 is 24.6 Å². The van der Waals surface area contributed by atoms with Crippen LogP contribution in [-0.4, -0.2) is 77.8 Å². The molecule has 1 unspecified atom stereocenters. The van der Waals surface area contributed by atoms with Crippen molar-refractivity contribution in [1.82, 2.24) is 19.5 Å². The van der Waals surface area contributed by atoms with Crippen LogP contribution in [0.3, 0.4) is 0 Å². The smallest absolute Gasteiger partial charge is 0.241 e. The molecule has 1 N–H and O–H groups in total. The molecule has 2 saturated heterocycles. The van der Waals surface area contributed by atoms with Gasteiger partial charge in [-0.3, -0.25) is 0 Å². The lowest BCUT2D eigenvalue weighted by molar-refractivity contribution is -0.179. The lowest BCUT2D eigenvalue weighted by Gasteiger charge is -2.36. The monoisotopic (exact) mass is 498 g/mol. The van der Waals surface area contributed by atoms with E-state index in [1.807, 2.05) is 6.20 Å². The standard InChI is InChI=1S/C28H46N6O2/c1-5-6-7-8-21(2)30-27-29-20-26-25(33-15-11-23(12-16-33)32(3)4)19-24(34(26)31-27)22-9-13-28(14-10-22)35-17-18-36-28/h19-23H,5-18H2,1-4H3,(H,30,31). The zero-order valence-electron chi connectivity index (χ0n) is 22.8. The first-order valence-electron chi connectivity index (χ1n) is 14.3. The van der Waals surface area contributed by atoms with Crippen LogP contribution >= 0.6 is 0 Å². The fraction of sp³-hybridized carbons (Fsp3) is 0.786. The molecule has 0 bridgehead atoms. The quantitative estimate of drug-likeness (QED) is 0.486. The van der Waals surface area contributed by atoms with E-state index in [0.29, 0.717) is 18.0 Å². The summed E-state index contributed by atoms with van der Waals surface area (Å²) in [5.41, 5.74) is 3.73. The Balaban J connectivity index is 1.39. The minimum Gasteiger partial charge on any atom is -0.370 e. The van der Waals surface area contributed by atoms with Crippen molar-refractivity contribution in [3.63, 3.8) is 0 Å². The lowest BCUT2D eigenvalue weighted by Crippen LogP contribution is -2.41. The molecular formula is C28H46N6O2. The Morgan fingerprint density at radius 1 is 1.11 bits per heavy atom. The second-order valence-corrected chi connectivity index (χ2v) is 11.4. The van der Waals surface area contributed by atoms with Crippen LogP contribution in [0.15, 0.2) is 12.3 Å². The van der Waals surface area contributed by atoms with Crippen LogP contribution in [0.5, 0.6) is 0 Å². The molecule has 8 heteroatoms. The number of unbranched alkanes of at least 4 members (excludes halogenated alkanes) is 2. The molecule has 3 fully saturated rings. The topological polar surface area (TPSA) is 67.2 Å². The fourth-order valence-electron chi connectivity index (χ4n) is 6.36. The Morgan fingerprint density at radius 3 is 2.50 bits per heavy atom. The maximum atomic E-state index is 6.01. The van der Waals surface area contributed by atoms with Gasteiger partial charge in [0.1, 0.15) is 5.52 Å². The van der Waals surface area contributed by atoms with Crippen molar-refractivity contribution in [1.29, 1.82) is 0 Å². The minimum atomic E-state index is -0.337. The maximum absolute atomic E-state index is 6.01. The van der Waals surface area contributed by atoms with Gasteiger partial charge in [0, 0.05) is 49.6 Å². The molecule has 2 aromatic rings. The van der Waals surface area contributed by atoms with Crippen molar-refractivity contribution in [2.45, 2.75) is 102 Å². The highest BCUT2D eigenvalue weighted by atomic mass is 16.7. The normalized spacial score (nSPS) is 22.2. The molecule has 1 saturated carbocycles. The first-order chi connectivity index (χ1) is 17.5. The minimum absolute atomic E-state index is 0.337. The Labute approximate surface area is 216 Å². The molecule has 5 rings (SSSR count). The second-order valence-electron chi connectivity index (χ2n) is 11.4. The molecule has 36 heavy (non-hydrogen) atoms. The predicted molar refractivity (Wildman–Crippen MR) is 145 cm³/mol. The van der Waals surface area contributed by atoms with Gasteiger partial charge in [-0.2, -0.15) is 0 Å². The van der Waals surface area contributed by atoms with Crippen LogP contribution < -0.4 is 10.2 Å². The number of piperidine rings is 1. The van der Waals surface area contributed by atoms with Gasteiger partial charge in [-0.15, -0.1) is 5.10 Å². The highest BCUT2D eigenvalue weighted by molar-refractivity contribution is 5.75. The van der Waals surface area contributed by atoms with E-state index in [4.69, 9.17) is 19.6 Å². The summed E-state index contributed by atoms with van der Waals surface area (Å²) in [6.07, 6.45) is 13.4. The van der Waals surface area contributed by atoms with E-state index in [1.165, 1.54) is 43.5 Å². The van der Waals surface area contributed by atoms with Crippen molar-refractivity contribution in [2.75, 3.05) is 50.6 Å². The van der Waals surface area contributed by atoms with Crippen molar-refractivity contribution >= 4 is 17.2 Å². The Bertz CT molecular complexity index is 983. The Kier molecular flexibility index (Phi) is 8.03. The van der Waals surface area contributed by atoms with Gasteiger partial charge in [0.25, 0.3) is 0 Å². The average Bonchev–Trinajstić information content (AvgIpc) is 3.49. The number of ether oxygens (including phenoxy) is 2. The fourth-order valence-corrected chi connectivity index (χ4v) is 6.36. The summed E-state index contributed by atoms with van der Waals surface area (Å²) in [4.78, 5) is 9.69. The molecule has 3 aliphatic rings. The lowest BCUT2D eigenvalue weighted by atomic mass is 9.83. The third kappa shape index (κ3) is 5.50. The molecular weight excluding hydrogens is 452 g/mol. The highest BCUT2D eigenvalue weighted by Gasteiger charge is 2.41. The zero-order chi connectivity index (χ0) is 25.1. The first kappa shape index (κ1) is 25.7. The van der Waals surface area contributed by atoms with E-state index < -0.39 is 0 Å². The van der Waals surface area contributed by atoms with E-state index in [0.717, 1.165) is 69.9 Å². The third-order valence-corrected chi connectivity index (χ3v) is 8.65. The summed E-state index contributed by atoms with van der Waals surface area (Å²) in [5.74, 6) is 0.848. The number of fused-ring (bicyclic) bond motifs is 1. The molecule has 200 valence electrons. The molecule has 1 atom stereocenters. The van der Waals surface area contributed by atoms with Crippen LogP contribution in [-0.2, 0) is 9.47 Å². The van der Waals surface area contributed by atoms with E-state index >= 15 is 0 Å². The van der Waals surface area contributed by atoms with E-state index in [-0.39, 0.29) is 5.79 Å². The van der Waals surface area contributed by atoms with Crippen LogP contribution in [0.2, 0.25) is 0 Å². The van der Waals surface area contributed by atoms with Gasteiger partial charge in [-0.05, 0) is 59.2 Å². The highest BCUT2D eigenvalue weighted by Crippen LogP contribution is 2.44. The van der Waals surface area contributed by atoms with Crippen LogP contribution in [0.1, 0.15) is 89.7 Å². The number of hydrogen-bond acceptors (Lipinski definition) is 7. The van der Waals surface area contributed by atoms with Gasteiger partial charge in [-0.1, -0.05) is 26.2 Å². The zero-order valence-corrected chi connectivity index (χ0v) is 22.8. The molecule has 1 aliphatic carbocycles. The number of rotatable bonds is 9. The van der Waals surface area contributed by atoms with E-state index in [2.05, 4.69) is 53.6 Å². The molecule has 4 heterocycles. The van der Waals surface area contributed by atoms with Gasteiger partial charge in [0.15, 0.2) is 5.79 Å². The Morgan fingerprint density at radius 2 is 1.83 bits per heavy atom. The summed E-state index contributed by atoms with van der Waals surface area (Å²) in [5, 5.41) is 8.63. The number of nitrogens with zero attached hydrogens (tertiary/aromatic N) is 5. The van der Waals surface area contributed by atoms with Crippen LogP contribution in [0.4, 0.5) is 11.6 Å².